The third-order valence-corrected chi connectivity index (χ3v) is 6.95. The van der Waals surface area contributed by atoms with Crippen LogP contribution in [0.3, 0.4) is 0 Å². The molecule has 4 rings (SSSR count). The molecule has 0 saturated carbocycles. The van der Waals surface area contributed by atoms with Crippen molar-refractivity contribution in [3.63, 3.8) is 0 Å². The van der Waals surface area contributed by atoms with Crippen LogP contribution in [0.2, 0.25) is 10.0 Å². The lowest BCUT2D eigenvalue weighted by Crippen LogP contribution is -2.39. The summed E-state index contributed by atoms with van der Waals surface area (Å²) in [4.78, 5) is 14.9. The standard InChI is InChI=1S/C24H23Cl2F3N2O4/c25-19-3-2-17(23(34)30-8-5-14(6-9-30)11-21(32)33)22(26)18(19)13-31-10-7-15-12-16(1-4-20(15)31)35-24(27,28)29/h1-4,7,10,12,14,21,32-33H,5-6,8-9,11,13H2. The largest absolute Gasteiger partial charge is 0.573 e. The normalized spacial score (nSPS) is 15.3. The van der Waals surface area contributed by atoms with Crippen LogP contribution in [0, 0.1) is 5.92 Å². The number of benzene rings is 2. The number of alkyl halides is 3. The van der Waals surface area contributed by atoms with Gasteiger partial charge in [0.05, 0.1) is 17.1 Å². The highest BCUT2D eigenvalue weighted by molar-refractivity contribution is 6.38. The number of hydrogen-bond acceptors (Lipinski definition) is 4. The SMILES string of the molecule is O=C(c1ccc(Cl)c(Cn2ccc3cc(OC(F)(F)F)ccc32)c1Cl)N1CCC(CC(O)O)CC1. The Labute approximate surface area is 209 Å². The van der Waals surface area contributed by atoms with E-state index in [0.717, 1.165) is 0 Å². The minimum absolute atomic E-state index is 0.138. The van der Waals surface area contributed by atoms with E-state index < -0.39 is 12.7 Å². The Morgan fingerprint density at radius 3 is 2.49 bits per heavy atom. The van der Waals surface area contributed by atoms with E-state index in [-0.39, 0.29) is 35.6 Å². The van der Waals surface area contributed by atoms with E-state index in [0.29, 0.717) is 53.0 Å². The number of hydrogen-bond donors (Lipinski definition) is 2. The molecule has 0 bridgehead atoms. The number of fused-ring (bicyclic) bond motifs is 1. The third kappa shape index (κ3) is 6.03. The summed E-state index contributed by atoms with van der Waals surface area (Å²) in [5.74, 6) is -0.412. The zero-order valence-electron chi connectivity index (χ0n) is 18.4. The van der Waals surface area contributed by atoms with Gasteiger partial charge in [-0.1, -0.05) is 23.2 Å². The molecule has 1 amide bonds. The van der Waals surface area contributed by atoms with Gasteiger partial charge in [0.1, 0.15) is 5.75 Å². The minimum atomic E-state index is -4.78. The molecule has 2 heterocycles. The second kappa shape index (κ2) is 10.3. The molecule has 0 unspecified atom stereocenters. The van der Waals surface area contributed by atoms with Gasteiger partial charge in [-0.3, -0.25) is 4.79 Å². The lowest BCUT2D eigenvalue weighted by atomic mass is 9.93. The highest BCUT2D eigenvalue weighted by Crippen LogP contribution is 2.33. The summed E-state index contributed by atoms with van der Waals surface area (Å²) in [5.41, 5.74) is 1.48. The predicted molar refractivity (Wildman–Crippen MR) is 126 cm³/mol. The number of nitrogens with zero attached hydrogens (tertiary/aromatic N) is 2. The van der Waals surface area contributed by atoms with E-state index in [4.69, 9.17) is 23.2 Å². The van der Waals surface area contributed by atoms with Crippen LogP contribution in [0.5, 0.6) is 5.75 Å². The average Bonchev–Trinajstić information content (AvgIpc) is 3.17. The number of amides is 1. The Hall–Kier alpha value is -2.46. The van der Waals surface area contributed by atoms with Gasteiger partial charge >= 0.3 is 6.36 Å². The fraction of sp³-hybridized carbons (Fsp3) is 0.375. The number of aliphatic hydroxyl groups is 2. The fourth-order valence-corrected chi connectivity index (χ4v) is 5.00. The second-order valence-electron chi connectivity index (χ2n) is 8.55. The summed E-state index contributed by atoms with van der Waals surface area (Å²) in [6, 6.07) is 8.88. The minimum Gasteiger partial charge on any atom is -0.406 e. The molecule has 35 heavy (non-hydrogen) atoms. The molecule has 0 spiro atoms. The lowest BCUT2D eigenvalue weighted by Gasteiger charge is -2.32. The molecular formula is C24H23Cl2F3N2O4. The first-order chi connectivity index (χ1) is 16.5. The topological polar surface area (TPSA) is 74.9 Å². The number of likely N-dealkylation sites (tertiary alicyclic amines) is 1. The first-order valence-corrected chi connectivity index (χ1v) is 11.7. The maximum absolute atomic E-state index is 13.2. The molecule has 1 aliphatic heterocycles. The predicted octanol–water partition coefficient (Wildman–Crippen LogP) is 5.45. The van der Waals surface area contributed by atoms with Crippen molar-refractivity contribution >= 4 is 40.0 Å². The number of carbonyl (C=O) groups is 1. The van der Waals surface area contributed by atoms with E-state index in [2.05, 4.69) is 4.74 Å². The van der Waals surface area contributed by atoms with Crippen LogP contribution in [0.4, 0.5) is 13.2 Å². The van der Waals surface area contributed by atoms with Gasteiger partial charge in [-0.25, -0.2) is 0 Å². The molecule has 6 nitrogen and oxygen atoms in total. The van der Waals surface area contributed by atoms with Crippen molar-refractivity contribution in [3.05, 3.63) is 63.8 Å². The Bertz CT molecular complexity index is 1220. The Morgan fingerprint density at radius 2 is 1.83 bits per heavy atom. The van der Waals surface area contributed by atoms with Crippen molar-refractivity contribution in [2.24, 2.45) is 5.92 Å². The molecular weight excluding hydrogens is 508 g/mol. The number of aliphatic hydroxyl groups excluding tert-OH is 1. The number of carbonyl (C=O) groups excluding carboxylic acids is 1. The van der Waals surface area contributed by atoms with E-state index >= 15 is 0 Å². The molecule has 188 valence electrons. The summed E-state index contributed by atoms with van der Waals surface area (Å²) in [7, 11) is 0. The monoisotopic (exact) mass is 530 g/mol. The average molecular weight is 531 g/mol. The molecule has 1 aromatic heterocycles. The van der Waals surface area contributed by atoms with E-state index in [1.165, 1.54) is 18.2 Å². The molecule has 0 atom stereocenters. The van der Waals surface area contributed by atoms with E-state index in [9.17, 15) is 28.2 Å². The number of aromatic nitrogens is 1. The molecule has 1 fully saturated rings. The van der Waals surface area contributed by atoms with Gasteiger partial charge in [0.15, 0.2) is 6.29 Å². The maximum Gasteiger partial charge on any atom is 0.573 e. The maximum atomic E-state index is 13.2. The van der Waals surface area contributed by atoms with Gasteiger partial charge < -0.3 is 24.4 Å². The first kappa shape index (κ1) is 25.6. The van der Waals surface area contributed by atoms with Crippen LogP contribution in [0.1, 0.15) is 35.2 Å². The van der Waals surface area contributed by atoms with Crippen molar-refractivity contribution in [1.29, 1.82) is 0 Å². The molecule has 11 heteroatoms. The Kier molecular flexibility index (Phi) is 7.51. The van der Waals surface area contributed by atoms with Crippen LogP contribution in [-0.4, -0.2) is 51.3 Å². The van der Waals surface area contributed by atoms with Gasteiger partial charge in [0.2, 0.25) is 0 Å². The summed E-state index contributed by atoms with van der Waals surface area (Å²) in [6.45, 7) is 1.17. The lowest BCUT2D eigenvalue weighted by molar-refractivity contribution is -0.274. The van der Waals surface area contributed by atoms with Crippen LogP contribution in [0.25, 0.3) is 10.9 Å². The molecule has 1 aliphatic rings. The summed E-state index contributed by atoms with van der Waals surface area (Å²) < 4.78 is 43.3. The van der Waals surface area contributed by atoms with Crippen molar-refractivity contribution in [2.75, 3.05) is 13.1 Å². The molecule has 3 aromatic rings. The smallest absolute Gasteiger partial charge is 0.406 e. The summed E-state index contributed by atoms with van der Waals surface area (Å²) in [6.07, 6.45) is -2.83. The van der Waals surface area contributed by atoms with Crippen molar-refractivity contribution in [2.45, 2.75) is 38.5 Å². The number of ether oxygens (including phenoxy) is 1. The Balaban J connectivity index is 1.54. The zero-order valence-corrected chi connectivity index (χ0v) is 19.9. The van der Waals surface area contributed by atoms with Crippen LogP contribution >= 0.6 is 23.2 Å². The quantitative estimate of drug-likeness (QED) is 0.415. The van der Waals surface area contributed by atoms with Gasteiger partial charge in [-0.15, -0.1) is 13.2 Å². The van der Waals surface area contributed by atoms with Crippen LogP contribution < -0.4 is 4.74 Å². The van der Waals surface area contributed by atoms with Crippen LogP contribution in [-0.2, 0) is 6.54 Å². The number of halogens is 5. The number of rotatable bonds is 6. The summed E-state index contributed by atoms with van der Waals surface area (Å²) in [5, 5.41) is 19.5. The fourth-order valence-electron chi connectivity index (χ4n) is 4.43. The van der Waals surface area contributed by atoms with E-state index in [1.807, 2.05) is 0 Å². The zero-order chi connectivity index (χ0) is 25.3. The van der Waals surface area contributed by atoms with Crippen molar-refractivity contribution in [3.8, 4) is 5.75 Å². The van der Waals surface area contributed by atoms with Crippen molar-refractivity contribution < 1.29 is 32.9 Å². The van der Waals surface area contributed by atoms with Gasteiger partial charge in [0, 0.05) is 47.2 Å². The molecule has 2 aromatic carbocycles. The second-order valence-corrected chi connectivity index (χ2v) is 9.34. The van der Waals surface area contributed by atoms with Gasteiger partial charge in [0.25, 0.3) is 5.91 Å². The van der Waals surface area contributed by atoms with E-state index in [1.54, 1.807) is 33.9 Å². The highest BCUT2D eigenvalue weighted by atomic mass is 35.5. The van der Waals surface area contributed by atoms with Crippen LogP contribution in [0.15, 0.2) is 42.6 Å². The Morgan fingerprint density at radius 1 is 1.11 bits per heavy atom. The van der Waals surface area contributed by atoms with Gasteiger partial charge in [-0.05, 0) is 55.2 Å². The van der Waals surface area contributed by atoms with Crippen molar-refractivity contribution in [1.82, 2.24) is 9.47 Å². The van der Waals surface area contributed by atoms with Gasteiger partial charge in [-0.2, -0.15) is 0 Å². The highest BCUT2D eigenvalue weighted by Gasteiger charge is 2.31. The third-order valence-electron chi connectivity index (χ3n) is 6.17. The summed E-state index contributed by atoms with van der Waals surface area (Å²) >= 11 is 13.0. The first-order valence-electron chi connectivity index (χ1n) is 11.0. The molecule has 0 radical (unpaired) electrons. The molecule has 2 N–H and O–H groups in total. The molecule has 0 aliphatic carbocycles. The molecule has 1 saturated heterocycles. The number of piperidine rings is 1.